The average Bonchev–Trinajstić information content (AvgIpc) is 2.71. The second-order valence-electron chi connectivity index (χ2n) is 6.72. The van der Waals surface area contributed by atoms with Crippen LogP contribution in [0.4, 0.5) is 0 Å². The third kappa shape index (κ3) is 3.16. The molecule has 0 saturated heterocycles. The quantitative estimate of drug-likeness (QED) is 0.810. The van der Waals surface area contributed by atoms with Crippen LogP contribution in [0.15, 0.2) is 11.1 Å². The molecule has 0 amide bonds. The van der Waals surface area contributed by atoms with Gasteiger partial charge in [0.1, 0.15) is 5.72 Å². The first kappa shape index (κ1) is 16.5. The largest absolute Gasteiger partial charge is 0.463 e. The van der Waals surface area contributed by atoms with E-state index in [2.05, 4.69) is 18.7 Å². The van der Waals surface area contributed by atoms with Crippen LogP contribution in [-0.2, 0) is 9.53 Å². The van der Waals surface area contributed by atoms with Crippen molar-refractivity contribution in [3.8, 4) is 0 Å². The Morgan fingerprint density at radius 2 is 2.00 bits per heavy atom. The summed E-state index contributed by atoms with van der Waals surface area (Å²) in [6, 6.07) is 0.370. The van der Waals surface area contributed by atoms with Gasteiger partial charge in [-0.3, -0.25) is 4.90 Å². The minimum atomic E-state index is -1.20. The summed E-state index contributed by atoms with van der Waals surface area (Å²) in [5, 5.41) is 11.0. The van der Waals surface area contributed by atoms with Gasteiger partial charge in [-0.25, -0.2) is 4.79 Å². The van der Waals surface area contributed by atoms with Crippen molar-refractivity contribution in [1.29, 1.82) is 0 Å². The van der Waals surface area contributed by atoms with Crippen molar-refractivity contribution in [2.75, 3.05) is 13.2 Å². The average molecular weight is 295 g/mol. The number of rotatable bonds is 4. The van der Waals surface area contributed by atoms with Crippen molar-refractivity contribution < 1.29 is 14.6 Å². The van der Waals surface area contributed by atoms with Crippen LogP contribution in [0.25, 0.3) is 0 Å². The molecule has 0 spiro atoms. The van der Waals surface area contributed by atoms with Crippen LogP contribution in [0, 0.1) is 5.92 Å². The number of esters is 1. The molecule has 1 atom stereocenters. The predicted molar refractivity (Wildman–Crippen MR) is 82.7 cm³/mol. The summed E-state index contributed by atoms with van der Waals surface area (Å²) in [6.45, 7) is 8.74. The molecule has 1 saturated carbocycles. The maximum absolute atomic E-state index is 12.3. The lowest BCUT2D eigenvalue weighted by atomic mass is 9.92. The Morgan fingerprint density at radius 1 is 1.38 bits per heavy atom. The molecular formula is C17H29NO3. The molecule has 21 heavy (non-hydrogen) atoms. The van der Waals surface area contributed by atoms with Gasteiger partial charge in [-0.1, -0.05) is 33.1 Å². The van der Waals surface area contributed by atoms with E-state index in [9.17, 15) is 9.90 Å². The number of aliphatic hydroxyl groups is 1. The van der Waals surface area contributed by atoms with Gasteiger partial charge >= 0.3 is 5.97 Å². The van der Waals surface area contributed by atoms with Gasteiger partial charge in [0, 0.05) is 12.6 Å². The Labute approximate surface area is 128 Å². The van der Waals surface area contributed by atoms with Gasteiger partial charge in [0.25, 0.3) is 0 Å². The molecule has 1 heterocycles. The van der Waals surface area contributed by atoms with Crippen LogP contribution < -0.4 is 0 Å². The van der Waals surface area contributed by atoms with Crippen LogP contribution >= 0.6 is 0 Å². The third-order valence-electron chi connectivity index (χ3n) is 4.89. The number of carbonyl (C=O) groups is 1. The molecule has 1 aliphatic carbocycles. The molecule has 0 aromatic rings. The molecule has 1 N–H and O–H groups in total. The molecule has 0 radical (unpaired) electrons. The first-order chi connectivity index (χ1) is 9.89. The maximum atomic E-state index is 12.3. The number of hydrogen-bond donors (Lipinski definition) is 1. The second-order valence-corrected chi connectivity index (χ2v) is 6.72. The Balaban J connectivity index is 2.29. The summed E-state index contributed by atoms with van der Waals surface area (Å²) in [5.74, 6) is -0.117. The fourth-order valence-electron chi connectivity index (χ4n) is 3.74. The molecule has 1 fully saturated rings. The summed E-state index contributed by atoms with van der Waals surface area (Å²) < 4.78 is 5.19. The van der Waals surface area contributed by atoms with E-state index >= 15 is 0 Å². The van der Waals surface area contributed by atoms with Gasteiger partial charge in [0.15, 0.2) is 0 Å². The molecule has 0 aromatic carbocycles. The lowest BCUT2D eigenvalue weighted by molar-refractivity contribution is -0.145. The fourth-order valence-corrected chi connectivity index (χ4v) is 3.74. The summed E-state index contributed by atoms with van der Waals surface area (Å²) in [5.41, 5.74) is 0.308. The molecule has 2 rings (SSSR count). The number of hydrogen-bond acceptors (Lipinski definition) is 4. The number of ether oxygens (including phenoxy) is 1. The van der Waals surface area contributed by atoms with E-state index in [1.165, 1.54) is 19.3 Å². The zero-order valence-electron chi connectivity index (χ0n) is 13.8. The Bertz CT molecular complexity index is 420. The Morgan fingerprint density at radius 3 is 2.52 bits per heavy atom. The molecule has 120 valence electrons. The van der Waals surface area contributed by atoms with Crippen LogP contribution in [0.1, 0.15) is 59.8 Å². The van der Waals surface area contributed by atoms with E-state index in [1.807, 2.05) is 0 Å². The summed E-state index contributed by atoms with van der Waals surface area (Å²) in [7, 11) is 0. The molecule has 4 heteroatoms. The first-order valence-electron chi connectivity index (χ1n) is 8.29. The van der Waals surface area contributed by atoms with E-state index in [-0.39, 0.29) is 11.9 Å². The van der Waals surface area contributed by atoms with Crippen molar-refractivity contribution in [3.05, 3.63) is 11.1 Å². The van der Waals surface area contributed by atoms with Crippen molar-refractivity contribution in [3.63, 3.8) is 0 Å². The van der Waals surface area contributed by atoms with E-state index in [0.717, 1.165) is 18.4 Å². The van der Waals surface area contributed by atoms with Gasteiger partial charge in [-0.15, -0.1) is 0 Å². The van der Waals surface area contributed by atoms with Crippen LogP contribution in [0.2, 0.25) is 0 Å². The summed E-state index contributed by atoms with van der Waals surface area (Å²) in [6.07, 6.45) is 5.92. The highest BCUT2D eigenvalue weighted by molar-refractivity contribution is 5.92. The highest BCUT2D eigenvalue weighted by Crippen LogP contribution is 2.40. The zero-order valence-corrected chi connectivity index (χ0v) is 13.8. The normalized spacial score (nSPS) is 28.5. The van der Waals surface area contributed by atoms with Crippen molar-refractivity contribution >= 4 is 5.97 Å². The minimum Gasteiger partial charge on any atom is -0.463 e. The topological polar surface area (TPSA) is 49.8 Å². The first-order valence-corrected chi connectivity index (χ1v) is 8.29. The number of carbonyl (C=O) groups excluding carboxylic acids is 1. The highest BCUT2D eigenvalue weighted by atomic mass is 16.5. The summed E-state index contributed by atoms with van der Waals surface area (Å²) >= 11 is 0. The molecule has 4 nitrogen and oxygen atoms in total. The van der Waals surface area contributed by atoms with E-state index < -0.39 is 5.72 Å². The van der Waals surface area contributed by atoms with Crippen molar-refractivity contribution in [2.45, 2.75) is 71.6 Å². The van der Waals surface area contributed by atoms with Crippen LogP contribution in [-0.4, -0.2) is 40.9 Å². The van der Waals surface area contributed by atoms with Crippen molar-refractivity contribution in [2.24, 2.45) is 5.92 Å². The molecule has 1 unspecified atom stereocenters. The van der Waals surface area contributed by atoms with Gasteiger partial charge < -0.3 is 9.84 Å². The monoisotopic (exact) mass is 295 g/mol. The van der Waals surface area contributed by atoms with E-state index in [0.29, 0.717) is 24.8 Å². The number of nitrogens with zero attached hydrogens (tertiary/aromatic N) is 1. The third-order valence-corrected chi connectivity index (χ3v) is 4.89. The predicted octanol–water partition coefficient (Wildman–Crippen LogP) is 2.86. The highest BCUT2D eigenvalue weighted by Gasteiger charge is 2.48. The lowest BCUT2D eigenvalue weighted by Gasteiger charge is -2.40. The smallest absolute Gasteiger partial charge is 0.338 e. The SMILES string of the molecule is CCOC(=O)C1=C(C(C)C)CN(C2CCCCC2)C1(C)O. The van der Waals surface area contributed by atoms with E-state index in [4.69, 9.17) is 4.74 Å². The fraction of sp³-hybridized carbons (Fsp3) is 0.824. The molecule has 0 bridgehead atoms. The Kier molecular flexibility index (Phi) is 5.10. The molecule has 2 aliphatic rings. The second kappa shape index (κ2) is 6.49. The van der Waals surface area contributed by atoms with Gasteiger partial charge in [0.2, 0.25) is 0 Å². The standard InChI is InChI=1S/C17H29NO3/c1-5-21-16(19)15-14(12(2)3)11-18(17(15,4)20)13-9-7-6-8-10-13/h12-13,20H,5-11H2,1-4H3. The zero-order chi connectivity index (χ0) is 15.6. The molecule has 0 aromatic heterocycles. The van der Waals surface area contributed by atoms with Gasteiger partial charge in [-0.2, -0.15) is 0 Å². The van der Waals surface area contributed by atoms with Crippen LogP contribution in [0.3, 0.4) is 0 Å². The van der Waals surface area contributed by atoms with Gasteiger partial charge in [0.05, 0.1) is 12.2 Å². The summed E-state index contributed by atoms with van der Waals surface area (Å²) in [4.78, 5) is 14.5. The van der Waals surface area contributed by atoms with E-state index in [1.54, 1.807) is 13.8 Å². The van der Waals surface area contributed by atoms with Gasteiger partial charge in [-0.05, 0) is 38.2 Å². The minimum absolute atomic E-state index is 0.240. The lowest BCUT2D eigenvalue weighted by Crippen LogP contribution is -2.51. The Hall–Kier alpha value is -0.870. The molecule has 1 aliphatic heterocycles. The maximum Gasteiger partial charge on any atom is 0.338 e. The van der Waals surface area contributed by atoms with Crippen LogP contribution in [0.5, 0.6) is 0 Å². The molecular weight excluding hydrogens is 266 g/mol. The van der Waals surface area contributed by atoms with Crippen molar-refractivity contribution in [1.82, 2.24) is 4.90 Å².